The minimum Gasteiger partial charge on any atom is -0.453 e. The van der Waals surface area contributed by atoms with Gasteiger partial charge in [-0.15, -0.1) is 0 Å². The first-order valence-corrected chi connectivity index (χ1v) is 5.84. The van der Waals surface area contributed by atoms with Gasteiger partial charge in [-0.2, -0.15) is 0 Å². The van der Waals surface area contributed by atoms with Gasteiger partial charge in [-0.25, -0.2) is 4.79 Å². The summed E-state index contributed by atoms with van der Waals surface area (Å²) in [6, 6.07) is 0. The molecule has 0 unspecified atom stereocenters. The van der Waals surface area contributed by atoms with Gasteiger partial charge in [0.2, 0.25) is 0 Å². The molecule has 1 amide bonds. The van der Waals surface area contributed by atoms with Crippen LogP contribution in [0.5, 0.6) is 0 Å². The van der Waals surface area contributed by atoms with Crippen LogP contribution in [-0.2, 0) is 4.74 Å². The summed E-state index contributed by atoms with van der Waals surface area (Å²) in [6.45, 7) is 1.62. The molecule has 0 aromatic rings. The molecule has 0 bridgehead atoms. The molecule has 1 saturated heterocycles. The standard InChI is InChI=1S/C13H18NO2/c1-16-13(15)14-9-7-12(8-10-14)11-5-3-2-4-6-11/h3-6,12H,2,7-10H2,1H3. The predicted molar refractivity (Wildman–Crippen MR) is 62.8 cm³/mol. The summed E-state index contributed by atoms with van der Waals surface area (Å²) in [5.41, 5.74) is 1.41. The van der Waals surface area contributed by atoms with E-state index in [1.807, 2.05) is 0 Å². The van der Waals surface area contributed by atoms with Gasteiger partial charge < -0.3 is 9.64 Å². The molecule has 0 spiro atoms. The largest absolute Gasteiger partial charge is 0.453 e. The molecule has 1 heterocycles. The number of rotatable bonds is 1. The Morgan fingerprint density at radius 2 is 2.19 bits per heavy atom. The van der Waals surface area contributed by atoms with Crippen LogP contribution in [0.15, 0.2) is 23.8 Å². The molecule has 1 radical (unpaired) electrons. The zero-order chi connectivity index (χ0) is 11.4. The van der Waals surface area contributed by atoms with Crippen molar-refractivity contribution in [1.29, 1.82) is 0 Å². The highest BCUT2D eigenvalue weighted by atomic mass is 16.5. The van der Waals surface area contributed by atoms with Crippen molar-refractivity contribution < 1.29 is 9.53 Å². The zero-order valence-corrected chi connectivity index (χ0v) is 9.69. The van der Waals surface area contributed by atoms with Crippen LogP contribution in [0.3, 0.4) is 0 Å². The molecule has 2 aliphatic rings. The number of carbonyl (C=O) groups is 1. The average molecular weight is 220 g/mol. The van der Waals surface area contributed by atoms with E-state index in [2.05, 4.69) is 24.6 Å². The fraction of sp³-hybridized carbons (Fsp3) is 0.538. The summed E-state index contributed by atoms with van der Waals surface area (Å²) >= 11 is 0. The Bertz CT molecular complexity index is 312. The second kappa shape index (κ2) is 5.19. The Balaban J connectivity index is 1.87. The molecule has 87 valence electrons. The second-order valence-electron chi connectivity index (χ2n) is 4.27. The fourth-order valence-electron chi connectivity index (χ4n) is 2.34. The summed E-state index contributed by atoms with van der Waals surface area (Å²) in [5.74, 6) is 0.605. The summed E-state index contributed by atoms with van der Waals surface area (Å²) < 4.78 is 4.72. The van der Waals surface area contributed by atoms with Gasteiger partial charge in [0.05, 0.1) is 7.11 Å². The van der Waals surface area contributed by atoms with E-state index in [0.29, 0.717) is 5.92 Å². The lowest BCUT2D eigenvalue weighted by Crippen LogP contribution is -2.38. The van der Waals surface area contributed by atoms with Gasteiger partial charge >= 0.3 is 6.09 Å². The van der Waals surface area contributed by atoms with Crippen LogP contribution >= 0.6 is 0 Å². The number of carbonyl (C=O) groups excluding carboxylic acids is 1. The van der Waals surface area contributed by atoms with E-state index in [1.54, 1.807) is 4.90 Å². The molecule has 1 fully saturated rings. The summed E-state index contributed by atoms with van der Waals surface area (Å²) in [5, 5.41) is 0. The van der Waals surface area contributed by atoms with Gasteiger partial charge in [0.1, 0.15) is 0 Å². The van der Waals surface area contributed by atoms with Gasteiger partial charge in [0.25, 0.3) is 0 Å². The summed E-state index contributed by atoms with van der Waals surface area (Å²) in [6.07, 6.45) is 11.8. The normalized spacial score (nSPS) is 21.8. The van der Waals surface area contributed by atoms with Crippen LogP contribution in [0.1, 0.15) is 19.3 Å². The van der Waals surface area contributed by atoms with Crippen LogP contribution < -0.4 is 0 Å². The smallest absolute Gasteiger partial charge is 0.409 e. The van der Waals surface area contributed by atoms with Gasteiger partial charge in [0.15, 0.2) is 0 Å². The highest BCUT2D eigenvalue weighted by molar-refractivity contribution is 5.67. The first-order chi connectivity index (χ1) is 7.81. The highest BCUT2D eigenvalue weighted by Crippen LogP contribution is 2.27. The lowest BCUT2D eigenvalue weighted by molar-refractivity contribution is 0.109. The number of likely N-dealkylation sites (tertiary alicyclic amines) is 1. The maximum atomic E-state index is 11.3. The molecule has 0 aromatic carbocycles. The maximum Gasteiger partial charge on any atom is 0.409 e. The molecule has 16 heavy (non-hydrogen) atoms. The summed E-state index contributed by atoms with van der Waals surface area (Å²) in [4.78, 5) is 13.1. The number of allylic oxidation sites excluding steroid dienone is 4. The molecular formula is C13H18NO2. The molecular weight excluding hydrogens is 202 g/mol. The number of hydrogen-bond acceptors (Lipinski definition) is 2. The minimum absolute atomic E-state index is 0.196. The summed E-state index contributed by atoms with van der Waals surface area (Å²) in [7, 11) is 1.44. The van der Waals surface area contributed by atoms with Crippen LogP contribution in [0.4, 0.5) is 4.79 Å². The first-order valence-electron chi connectivity index (χ1n) is 5.84. The second-order valence-corrected chi connectivity index (χ2v) is 4.27. The minimum atomic E-state index is -0.196. The third kappa shape index (κ3) is 2.46. The molecule has 0 atom stereocenters. The fourth-order valence-corrected chi connectivity index (χ4v) is 2.34. The van der Waals surface area contributed by atoms with E-state index < -0.39 is 0 Å². The molecule has 0 N–H and O–H groups in total. The first kappa shape index (κ1) is 11.2. The SMILES string of the molecule is COC(=O)N1CCC(C2=C[CH]CC=C2)CC1. The third-order valence-electron chi connectivity index (χ3n) is 3.29. The molecule has 0 saturated carbocycles. The van der Waals surface area contributed by atoms with Gasteiger partial charge in [-0.3, -0.25) is 0 Å². The van der Waals surface area contributed by atoms with E-state index in [4.69, 9.17) is 4.74 Å². The third-order valence-corrected chi connectivity index (χ3v) is 3.29. The quantitative estimate of drug-likeness (QED) is 0.679. The Labute approximate surface area is 96.8 Å². The monoisotopic (exact) mass is 220 g/mol. The Hall–Kier alpha value is -1.25. The van der Waals surface area contributed by atoms with Crippen molar-refractivity contribution in [2.75, 3.05) is 20.2 Å². The van der Waals surface area contributed by atoms with Crippen molar-refractivity contribution >= 4 is 6.09 Å². The molecule has 3 heteroatoms. The van der Waals surface area contributed by atoms with E-state index in [0.717, 1.165) is 32.4 Å². The number of piperidine rings is 1. The van der Waals surface area contributed by atoms with Crippen molar-refractivity contribution in [3.8, 4) is 0 Å². The predicted octanol–water partition coefficient (Wildman–Crippen LogP) is 2.56. The molecule has 0 aromatic heterocycles. The number of amides is 1. The number of nitrogens with zero attached hydrogens (tertiary/aromatic N) is 1. The topological polar surface area (TPSA) is 29.5 Å². The van der Waals surface area contributed by atoms with Crippen LogP contribution in [0.2, 0.25) is 0 Å². The Morgan fingerprint density at radius 3 is 2.75 bits per heavy atom. The molecule has 3 nitrogen and oxygen atoms in total. The van der Waals surface area contributed by atoms with Crippen LogP contribution in [0, 0.1) is 12.3 Å². The average Bonchev–Trinajstić information content (AvgIpc) is 2.39. The van der Waals surface area contributed by atoms with Crippen molar-refractivity contribution in [3.05, 3.63) is 30.2 Å². The van der Waals surface area contributed by atoms with E-state index in [1.165, 1.54) is 12.7 Å². The zero-order valence-electron chi connectivity index (χ0n) is 9.69. The van der Waals surface area contributed by atoms with Crippen molar-refractivity contribution in [3.63, 3.8) is 0 Å². The number of hydrogen-bond donors (Lipinski definition) is 0. The van der Waals surface area contributed by atoms with Crippen molar-refractivity contribution in [1.82, 2.24) is 4.90 Å². The number of ether oxygens (including phenoxy) is 1. The van der Waals surface area contributed by atoms with Gasteiger partial charge in [-0.1, -0.05) is 18.2 Å². The van der Waals surface area contributed by atoms with Crippen LogP contribution in [-0.4, -0.2) is 31.2 Å². The Morgan fingerprint density at radius 1 is 1.44 bits per heavy atom. The highest BCUT2D eigenvalue weighted by Gasteiger charge is 2.24. The van der Waals surface area contributed by atoms with Crippen molar-refractivity contribution in [2.45, 2.75) is 19.3 Å². The molecule has 1 aliphatic carbocycles. The van der Waals surface area contributed by atoms with E-state index in [-0.39, 0.29) is 6.09 Å². The lowest BCUT2D eigenvalue weighted by atomic mass is 9.86. The molecule has 1 aliphatic heterocycles. The van der Waals surface area contributed by atoms with E-state index >= 15 is 0 Å². The lowest BCUT2D eigenvalue weighted by Gasteiger charge is -2.32. The Kier molecular flexibility index (Phi) is 3.65. The van der Waals surface area contributed by atoms with Gasteiger partial charge in [-0.05, 0) is 37.2 Å². The number of methoxy groups -OCH3 is 1. The van der Waals surface area contributed by atoms with E-state index in [9.17, 15) is 4.79 Å². The van der Waals surface area contributed by atoms with Crippen molar-refractivity contribution in [2.24, 2.45) is 5.92 Å². The molecule has 2 rings (SSSR count). The maximum absolute atomic E-state index is 11.3. The van der Waals surface area contributed by atoms with Crippen LogP contribution in [0.25, 0.3) is 0 Å². The van der Waals surface area contributed by atoms with Gasteiger partial charge in [0, 0.05) is 13.1 Å².